The molecule has 1 atom stereocenters. The van der Waals surface area contributed by atoms with E-state index in [1.54, 1.807) is 12.3 Å². The average molecular weight is 307 g/mol. The molecule has 2 aromatic heterocycles. The minimum Gasteiger partial charge on any atom is -0.473 e. The number of hydrogen-bond donors (Lipinski definition) is 0. The number of rotatable bonds is 4. The molecule has 1 aliphatic rings. The van der Waals surface area contributed by atoms with E-state index >= 15 is 0 Å². The van der Waals surface area contributed by atoms with Crippen LogP contribution in [0.3, 0.4) is 0 Å². The zero-order chi connectivity index (χ0) is 14.7. The van der Waals surface area contributed by atoms with Crippen LogP contribution in [0, 0.1) is 0 Å². The number of nitrogens with zero attached hydrogens (tertiary/aromatic N) is 4. The lowest BCUT2D eigenvalue weighted by molar-refractivity contribution is 0.0789. The van der Waals surface area contributed by atoms with Crippen molar-refractivity contribution in [3.8, 4) is 5.88 Å². The third-order valence-electron chi connectivity index (χ3n) is 3.74. The summed E-state index contributed by atoms with van der Waals surface area (Å²) in [7, 11) is 2.03. The van der Waals surface area contributed by atoms with Crippen molar-refractivity contribution < 1.29 is 4.74 Å². The lowest BCUT2D eigenvalue weighted by Gasteiger charge is -2.32. The molecule has 3 rings (SSSR count). The highest BCUT2D eigenvalue weighted by Gasteiger charge is 2.22. The van der Waals surface area contributed by atoms with Crippen molar-refractivity contribution in [2.75, 3.05) is 13.1 Å². The summed E-state index contributed by atoms with van der Waals surface area (Å²) in [5.74, 6) is 1.73. The molecule has 21 heavy (non-hydrogen) atoms. The smallest absolute Gasteiger partial charge is 0.213 e. The Morgan fingerprint density at radius 3 is 3.00 bits per heavy atom. The molecular formula is C15H19ClN4O. The maximum atomic E-state index is 5.95. The van der Waals surface area contributed by atoms with E-state index in [1.807, 2.05) is 25.5 Å². The highest BCUT2D eigenvalue weighted by Crippen LogP contribution is 2.19. The van der Waals surface area contributed by atoms with Gasteiger partial charge in [0.1, 0.15) is 11.9 Å². The monoisotopic (exact) mass is 306 g/mol. The summed E-state index contributed by atoms with van der Waals surface area (Å²) in [5, 5.41) is 0.627. The van der Waals surface area contributed by atoms with Crippen LogP contribution in [0.4, 0.5) is 0 Å². The number of piperidine rings is 1. The zero-order valence-electron chi connectivity index (χ0n) is 12.1. The molecule has 0 bridgehead atoms. The van der Waals surface area contributed by atoms with Gasteiger partial charge in [-0.05, 0) is 25.5 Å². The van der Waals surface area contributed by atoms with Gasteiger partial charge in [-0.3, -0.25) is 4.90 Å². The van der Waals surface area contributed by atoms with E-state index in [0.717, 1.165) is 38.3 Å². The number of halogens is 1. The maximum absolute atomic E-state index is 5.95. The molecule has 1 unspecified atom stereocenters. The van der Waals surface area contributed by atoms with Crippen LogP contribution in [0.25, 0.3) is 0 Å². The number of ether oxygens (including phenoxy) is 1. The molecule has 0 radical (unpaired) electrons. The van der Waals surface area contributed by atoms with Gasteiger partial charge in [0.15, 0.2) is 0 Å². The Morgan fingerprint density at radius 1 is 1.38 bits per heavy atom. The molecule has 112 valence electrons. The second-order valence-electron chi connectivity index (χ2n) is 5.39. The summed E-state index contributed by atoms with van der Waals surface area (Å²) in [6, 6.07) is 3.62. The predicted octanol–water partition coefficient (Wildman–Crippen LogP) is 2.51. The first-order valence-corrected chi connectivity index (χ1v) is 7.55. The summed E-state index contributed by atoms with van der Waals surface area (Å²) in [6.07, 6.45) is 7.79. The van der Waals surface area contributed by atoms with Gasteiger partial charge in [0.05, 0.1) is 11.6 Å². The molecule has 5 nitrogen and oxygen atoms in total. The Balaban J connectivity index is 1.58. The Hall–Kier alpha value is -1.59. The molecule has 0 saturated carbocycles. The standard InChI is InChI=1S/C15H19ClN4O/c1-19-8-6-17-14(19)11-20-7-2-3-13(10-20)21-15-5-4-12(16)9-18-15/h4-6,8-9,13H,2-3,7,10-11H2,1H3. The van der Waals surface area contributed by atoms with Gasteiger partial charge >= 0.3 is 0 Å². The molecular weight excluding hydrogens is 288 g/mol. The summed E-state index contributed by atoms with van der Waals surface area (Å²) in [5.41, 5.74) is 0. The lowest BCUT2D eigenvalue weighted by Crippen LogP contribution is -2.41. The molecule has 3 heterocycles. The molecule has 0 amide bonds. The van der Waals surface area contributed by atoms with Gasteiger partial charge in [0.2, 0.25) is 5.88 Å². The van der Waals surface area contributed by atoms with Crippen molar-refractivity contribution in [3.05, 3.63) is 41.6 Å². The molecule has 2 aromatic rings. The van der Waals surface area contributed by atoms with Crippen LogP contribution < -0.4 is 4.74 Å². The van der Waals surface area contributed by atoms with E-state index in [4.69, 9.17) is 16.3 Å². The molecule has 1 aliphatic heterocycles. The first-order valence-electron chi connectivity index (χ1n) is 7.17. The molecule has 1 fully saturated rings. The minimum absolute atomic E-state index is 0.174. The summed E-state index contributed by atoms with van der Waals surface area (Å²) in [6.45, 7) is 2.84. The van der Waals surface area contributed by atoms with Crippen molar-refractivity contribution in [2.45, 2.75) is 25.5 Å². The van der Waals surface area contributed by atoms with E-state index in [2.05, 4.69) is 19.4 Å². The van der Waals surface area contributed by atoms with E-state index in [-0.39, 0.29) is 6.10 Å². The predicted molar refractivity (Wildman–Crippen MR) is 81.4 cm³/mol. The fourth-order valence-corrected chi connectivity index (χ4v) is 2.72. The highest BCUT2D eigenvalue weighted by molar-refractivity contribution is 6.30. The highest BCUT2D eigenvalue weighted by atomic mass is 35.5. The van der Waals surface area contributed by atoms with Crippen LogP contribution in [-0.2, 0) is 13.6 Å². The van der Waals surface area contributed by atoms with Crippen LogP contribution in [0.5, 0.6) is 5.88 Å². The van der Waals surface area contributed by atoms with Crippen molar-refractivity contribution >= 4 is 11.6 Å². The van der Waals surface area contributed by atoms with Gasteiger partial charge in [-0.25, -0.2) is 9.97 Å². The Labute approximate surface area is 129 Å². The fraction of sp³-hybridized carbons (Fsp3) is 0.467. The van der Waals surface area contributed by atoms with Crippen LogP contribution in [-0.4, -0.2) is 38.6 Å². The number of likely N-dealkylation sites (tertiary alicyclic amines) is 1. The van der Waals surface area contributed by atoms with Gasteiger partial charge < -0.3 is 9.30 Å². The van der Waals surface area contributed by atoms with Gasteiger partial charge in [-0.1, -0.05) is 11.6 Å². The first-order chi connectivity index (χ1) is 10.2. The summed E-state index contributed by atoms with van der Waals surface area (Å²) in [4.78, 5) is 11.0. The molecule has 6 heteroatoms. The Bertz CT molecular complexity index is 584. The molecule has 0 aromatic carbocycles. The lowest BCUT2D eigenvalue weighted by atomic mass is 10.1. The minimum atomic E-state index is 0.174. The third-order valence-corrected chi connectivity index (χ3v) is 3.96. The van der Waals surface area contributed by atoms with E-state index in [9.17, 15) is 0 Å². The van der Waals surface area contributed by atoms with Crippen molar-refractivity contribution in [1.29, 1.82) is 0 Å². The van der Waals surface area contributed by atoms with E-state index < -0.39 is 0 Å². The average Bonchev–Trinajstić information content (AvgIpc) is 2.87. The van der Waals surface area contributed by atoms with Gasteiger partial charge in [0.25, 0.3) is 0 Å². The van der Waals surface area contributed by atoms with Crippen molar-refractivity contribution in [1.82, 2.24) is 19.4 Å². The van der Waals surface area contributed by atoms with Crippen LogP contribution in [0.15, 0.2) is 30.7 Å². The molecule has 0 aliphatic carbocycles. The quantitative estimate of drug-likeness (QED) is 0.870. The number of imidazole rings is 1. The van der Waals surface area contributed by atoms with Crippen LogP contribution in [0.2, 0.25) is 5.02 Å². The maximum Gasteiger partial charge on any atom is 0.213 e. The molecule has 0 N–H and O–H groups in total. The number of aryl methyl sites for hydroxylation is 1. The second kappa shape index (κ2) is 6.45. The molecule has 1 saturated heterocycles. The van der Waals surface area contributed by atoms with Gasteiger partial charge in [-0.2, -0.15) is 0 Å². The largest absolute Gasteiger partial charge is 0.473 e. The fourth-order valence-electron chi connectivity index (χ4n) is 2.60. The summed E-state index contributed by atoms with van der Waals surface area (Å²) >= 11 is 5.84. The Kier molecular flexibility index (Phi) is 4.41. The number of hydrogen-bond acceptors (Lipinski definition) is 4. The van der Waals surface area contributed by atoms with Crippen molar-refractivity contribution in [3.63, 3.8) is 0 Å². The molecule has 0 spiro atoms. The third kappa shape index (κ3) is 3.74. The van der Waals surface area contributed by atoms with Gasteiger partial charge in [0, 0.05) is 38.2 Å². The van der Waals surface area contributed by atoms with E-state index in [0.29, 0.717) is 10.9 Å². The van der Waals surface area contributed by atoms with Crippen molar-refractivity contribution in [2.24, 2.45) is 7.05 Å². The number of aromatic nitrogens is 3. The first kappa shape index (κ1) is 14.4. The Morgan fingerprint density at radius 2 is 2.29 bits per heavy atom. The second-order valence-corrected chi connectivity index (χ2v) is 5.82. The van der Waals surface area contributed by atoms with Crippen LogP contribution in [0.1, 0.15) is 18.7 Å². The normalized spacial score (nSPS) is 19.6. The number of pyridine rings is 1. The zero-order valence-corrected chi connectivity index (χ0v) is 12.8. The topological polar surface area (TPSA) is 43.2 Å². The van der Waals surface area contributed by atoms with Crippen LogP contribution >= 0.6 is 11.6 Å². The SMILES string of the molecule is Cn1ccnc1CN1CCCC(Oc2ccc(Cl)cn2)C1. The summed E-state index contributed by atoms with van der Waals surface area (Å²) < 4.78 is 8.01. The van der Waals surface area contributed by atoms with E-state index in [1.165, 1.54) is 0 Å². The van der Waals surface area contributed by atoms with Gasteiger partial charge in [-0.15, -0.1) is 0 Å².